The van der Waals surface area contributed by atoms with E-state index in [1.54, 1.807) is 12.1 Å². The number of nitrogens with zero attached hydrogens (tertiary/aromatic N) is 4. The summed E-state index contributed by atoms with van der Waals surface area (Å²) >= 11 is 0. The van der Waals surface area contributed by atoms with Gasteiger partial charge in [0.15, 0.2) is 5.58 Å². The van der Waals surface area contributed by atoms with Crippen LogP contribution in [0, 0.1) is 13.8 Å². The largest absolute Gasteiger partial charge is 0.356 e. The van der Waals surface area contributed by atoms with Crippen LogP contribution in [0.25, 0.3) is 11.0 Å². The Bertz CT molecular complexity index is 1200. The van der Waals surface area contributed by atoms with Crippen molar-refractivity contribution in [2.24, 2.45) is 0 Å². The highest BCUT2D eigenvalue weighted by atomic mass is 16.5. The van der Waals surface area contributed by atoms with E-state index in [2.05, 4.69) is 34.0 Å². The molecule has 0 atom stereocenters. The first-order chi connectivity index (χ1) is 16.9. The van der Waals surface area contributed by atoms with Gasteiger partial charge in [-0.3, -0.25) is 19.6 Å². The van der Waals surface area contributed by atoms with Gasteiger partial charge in [0, 0.05) is 37.4 Å². The number of allylic oxidation sites excluding steroid dienone is 3. The fourth-order valence-electron chi connectivity index (χ4n) is 4.37. The van der Waals surface area contributed by atoms with Crippen LogP contribution in [0.2, 0.25) is 0 Å². The number of hydrazine groups is 1. The van der Waals surface area contributed by atoms with Crippen LogP contribution in [0.4, 0.5) is 5.69 Å². The molecule has 2 amide bonds. The summed E-state index contributed by atoms with van der Waals surface area (Å²) in [7, 11) is 1.78. The van der Waals surface area contributed by atoms with E-state index in [4.69, 9.17) is 4.52 Å². The Morgan fingerprint density at radius 3 is 2.77 bits per heavy atom. The van der Waals surface area contributed by atoms with Crippen molar-refractivity contribution in [2.75, 3.05) is 51.2 Å². The monoisotopic (exact) mass is 478 g/mol. The third-order valence-corrected chi connectivity index (χ3v) is 6.41. The summed E-state index contributed by atoms with van der Waals surface area (Å²) in [5, 5.41) is 14.6. The standard InChI is InChI=1S/C26H34N6O3/c1-5-27-10-11-28-25(33)16-31(23-13-22-19(3)29-35-24(22)12-18(23)2)17-26(34)30(4)32-14-20-8-6-7-9-21(20)15-32/h6-8,12-13,15,27H,5,9-11,14,16-17H2,1-4H3,(H,28,33). The van der Waals surface area contributed by atoms with Crippen LogP contribution in [-0.4, -0.2) is 73.3 Å². The summed E-state index contributed by atoms with van der Waals surface area (Å²) in [6, 6.07) is 3.86. The average Bonchev–Trinajstić information content (AvgIpc) is 3.43. The van der Waals surface area contributed by atoms with Crippen LogP contribution >= 0.6 is 0 Å². The lowest BCUT2D eigenvalue weighted by Gasteiger charge is -2.32. The first-order valence-corrected chi connectivity index (χ1v) is 12.1. The second-order valence-electron chi connectivity index (χ2n) is 8.96. The molecule has 1 aliphatic carbocycles. The van der Waals surface area contributed by atoms with Gasteiger partial charge in [-0.25, -0.2) is 0 Å². The molecule has 186 valence electrons. The minimum atomic E-state index is -0.134. The molecule has 9 heteroatoms. The number of carbonyl (C=O) groups excluding carboxylic acids is 2. The molecule has 1 aromatic heterocycles. The minimum absolute atomic E-state index is 0.0603. The lowest BCUT2D eigenvalue weighted by molar-refractivity contribution is -0.139. The molecule has 9 nitrogen and oxygen atoms in total. The summed E-state index contributed by atoms with van der Waals surface area (Å²) in [5.41, 5.74) is 5.65. The van der Waals surface area contributed by atoms with Crippen molar-refractivity contribution >= 4 is 28.5 Å². The fraction of sp³-hybridized carbons (Fsp3) is 0.423. The van der Waals surface area contributed by atoms with Gasteiger partial charge >= 0.3 is 0 Å². The number of fused-ring (bicyclic) bond motifs is 2. The first-order valence-electron chi connectivity index (χ1n) is 12.1. The highest BCUT2D eigenvalue weighted by molar-refractivity contribution is 5.90. The Kier molecular flexibility index (Phi) is 7.55. The van der Waals surface area contributed by atoms with E-state index >= 15 is 0 Å². The second kappa shape index (κ2) is 10.8. The third kappa shape index (κ3) is 5.57. The van der Waals surface area contributed by atoms with E-state index in [9.17, 15) is 9.59 Å². The molecule has 0 unspecified atom stereocenters. The highest BCUT2D eigenvalue weighted by Crippen LogP contribution is 2.30. The molecule has 2 heterocycles. The quantitative estimate of drug-likeness (QED) is 0.507. The van der Waals surface area contributed by atoms with E-state index in [1.165, 1.54) is 11.1 Å². The van der Waals surface area contributed by atoms with Gasteiger partial charge in [0.05, 0.1) is 25.3 Å². The van der Waals surface area contributed by atoms with Gasteiger partial charge in [0.1, 0.15) is 0 Å². The van der Waals surface area contributed by atoms with Gasteiger partial charge in [-0.15, -0.1) is 0 Å². The molecule has 1 aromatic carbocycles. The van der Waals surface area contributed by atoms with Gasteiger partial charge in [-0.05, 0) is 55.7 Å². The van der Waals surface area contributed by atoms with Gasteiger partial charge in [-0.1, -0.05) is 30.3 Å². The maximum absolute atomic E-state index is 13.4. The normalized spacial score (nSPS) is 14.6. The van der Waals surface area contributed by atoms with E-state index in [-0.39, 0.29) is 24.9 Å². The maximum atomic E-state index is 13.4. The number of hydrogen-bond acceptors (Lipinski definition) is 7. The molecule has 0 saturated carbocycles. The van der Waals surface area contributed by atoms with Crippen molar-refractivity contribution in [3.8, 4) is 0 Å². The van der Waals surface area contributed by atoms with Crippen LogP contribution in [0.1, 0.15) is 24.6 Å². The van der Waals surface area contributed by atoms with E-state index < -0.39 is 0 Å². The molecule has 0 saturated heterocycles. The molecule has 0 radical (unpaired) electrons. The average molecular weight is 479 g/mol. The number of aryl methyl sites for hydroxylation is 2. The smallest absolute Gasteiger partial charge is 0.260 e. The topological polar surface area (TPSA) is 93.9 Å². The molecule has 1 aliphatic heterocycles. The summed E-state index contributed by atoms with van der Waals surface area (Å²) < 4.78 is 5.40. The van der Waals surface area contributed by atoms with Gasteiger partial charge in [-0.2, -0.15) is 0 Å². The van der Waals surface area contributed by atoms with Crippen LogP contribution in [0.5, 0.6) is 0 Å². The summed E-state index contributed by atoms with van der Waals surface area (Å²) in [4.78, 5) is 28.0. The van der Waals surface area contributed by atoms with Gasteiger partial charge < -0.3 is 20.1 Å². The lowest BCUT2D eigenvalue weighted by Crippen LogP contribution is -2.48. The Morgan fingerprint density at radius 1 is 1.17 bits per heavy atom. The maximum Gasteiger partial charge on any atom is 0.260 e. The lowest BCUT2D eigenvalue weighted by atomic mass is 10.0. The number of amides is 2. The number of aromatic nitrogens is 1. The van der Waals surface area contributed by atoms with Crippen molar-refractivity contribution < 1.29 is 14.1 Å². The van der Waals surface area contributed by atoms with E-state index in [0.717, 1.165) is 35.3 Å². The van der Waals surface area contributed by atoms with Crippen molar-refractivity contribution in [1.29, 1.82) is 0 Å². The van der Waals surface area contributed by atoms with Crippen LogP contribution < -0.4 is 15.5 Å². The number of carbonyl (C=O) groups is 2. The number of likely N-dealkylation sites (N-methyl/N-ethyl adjacent to an activating group) is 2. The Hall–Kier alpha value is -3.59. The molecule has 0 spiro atoms. The molecule has 4 rings (SSSR count). The summed E-state index contributed by atoms with van der Waals surface area (Å²) in [6.45, 7) is 8.72. The number of anilines is 1. The SMILES string of the molecule is CCNCCNC(=O)CN(CC(=O)N(C)N1C=C2CC=CC=C2C1)c1cc2c(C)noc2cc1C. The number of hydrogen-bond donors (Lipinski definition) is 2. The first kappa shape index (κ1) is 24.5. The Morgan fingerprint density at radius 2 is 2.00 bits per heavy atom. The number of rotatable bonds is 10. The van der Waals surface area contributed by atoms with Crippen molar-refractivity contribution in [3.05, 3.63) is 59.0 Å². The van der Waals surface area contributed by atoms with E-state index in [0.29, 0.717) is 25.2 Å². The van der Waals surface area contributed by atoms with Crippen LogP contribution in [0.3, 0.4) is 0 Å². The molecule has 2 aliphatic rings. The molecule has 2 aromatic rings. The molecule has 0 fully saturated rings. The Labute approximate surface area is 206 Å². The zero-order valence-corrected chi connectivity index (χ0v) is 20.9. The third-order valence-electron chi connectivity index (χ3n) is 6.41. The summed E-state index contributed by atoms with van der Waals surface area (Å²) in [6.07, 6.45) is 9.17. The second-order valence-corrected chi connectivity index (χ2v) is 8.96. The molecule has 35 heavy (non-hydrogen) atoms. The van der Waals surface area contributed by atoms with Crippen LogP contribution in [-0.2, 0) is 9.59 Å². The number of benzene rings is 1. The minimum Gasteiger partial charge on any atom is -0.356 e. The fourth-order valence-corrected chi connectivity index (χ4v) is 4.37. The molecule has 0 bridgehead atoms. The zero-order chi connectivity index (χ0) is 24.9. The molecule has 2 N–H and O–H groups in total. The van der Waals surface area contributed by atoms with Crippen molar-refractivity contribution in [3.63, 3.8) is 0 Å². The predicted molar refractivity (Wildman–Crippen MR) is 137 cm³/mol. The Balaban J connectivity index is 1.53. The van der Waals surface area contributed by atoms with Gasteiger partial charge in [0.25, 0.3) is 5.91 Å². The zero-order valence-electron chi connectivity index (χ0n) is 20.9. The predicted octanol–water partition coefficient (Wildman–Crippen LogP) is 2.44. The molecular weight excluding hydrogens is 444 g/mol. The highest BCUT2D eigenvalue weighted by Gasteiger charge is 2.26. The van der Waals surface area contributed by atoms with Crippen molar-refractivity contribution in [2.45, 2.75) is 27.2 Å². The molecular formula is C26H34N6O3. The van der Waals surface area contributed by atoms with Crippen LogP contribution in [0.15, 0.2) is 52.2 Å². The summed E-state index contributed by atoms with van der Waals surface area (Å²) in [5.74, 6) is -0.235. The number of nitrogens with one attached hydrogen (secondary N) is 2. The van der Waals surface area contributed by atoms with E-state index in [1.807, 2.05) is 49.0 Å². The van der Waals surface area contributed by atoms with Gasteiger partial charge in [0.2, 0.25) is 5.91 Å². The van der Waals surface area contributed by atoms with Crippen molar-refractivity contribution in [1.82, 2.24) is 25.8 Å².